The largest absolute Gasteiger partial charge is 0.358 e. The SMILES string of the molecule is CN(CCC1CCC1)c1ccc2nc(CN)cn2n1. The normalized spacial score (nSPS) is 15.7. The van der Waals surface area contributed by atoms with Crippen molar-refractivity contribution in [1.29, 1.82) is 0 Å². The van der Waals surface area contributed by atoms with Gasteiger partial charge in [0.1, 0.15) is 5.82 Å². The molecule has 0 spiro atoms. The van der Waals surface area contributed by atoms with Crippen molar-refractivity contribution in [2.24, 2.45) is 11.7 Å². The number of hydrogen-bond acceptors (Lipinski definition) is 4. The summed E-state index contributed by atoms with van der Waals surface area (Å²) < 4.78 is 1.82. The highest BCUT2D eigenvalue weighted by atomic mass is 15.3. The van der Waals surface area contributed by atoms with Crippen LogP contribution in [0.2, 0.25) is 0 Å². The van der Waals surface area contributed by atoms with E-state index in [0.717, 1.165) is 29.6 Å². The van der Waals surface area contributed by atoms with Crippen molar-refractivity contribution >= 4 is 11.5 Å². The second-order valence-corrected chi connectivity index (χ2v) is 5.44. The zero-order valence-electron chi connectivity index (χ0n) is 11.4. The Morgan fingerprint density at radius 1 is 1.42 bits per heavy atom. The highest BCUT2D eigenvalue weighted by molar-refractivity contribution is 5.46. The van der Waals surface area contributed by atoms with Crippen LogP contribution < -0.4 is 10.6 Å². The number of nitrogens with two attached hydrogens (primary N) is 1. The van der Waals surface area contributed by atoms with Gasteiger partial charge in [-0.2, -0.15) is 0 Å². The second-order valence-electron chi connectivity index (χ2n) is 5.44. The van der Waals surface area contributed by atoms with Crippen molar-refractivity contribution in [2.45, 2.75) is 32.2 Å². The monoisotopic (exact) mass is 259 g/mol. The van der Waals surface area contributed by atoms with Crippen LogP contribution in [0.15, 0.2) is 18.3 Å². The fourth-order valence-electron chi connectivity index (χ4n) is 2.50. The first kappa shape index (κ1) is 12.4. The van der Waals surface area contributed by atoms with Gasteiger partial charge in [0.2, 0.25) is 0 Å². The Morgan fingerprint density at radius 2 is 2.26 bits per heavy atom. The third kappa shape index (κ3) is 2.56. The molecule has 19 heavy (non-hydrogen) atoms. The fourth-order valence-corrected chi connectivity index (χ4v) is 2.50. The molecule has 0 aromatic carbocycles. The van der Waals surface area contributed by atoms with Crippen molar-refractivity contribution in [3.63, 3.8) is 0 Å². The molecule has 0 radical (unpaired) electrons. The summed E-state index contributed by atoms with van der Waals surface area (Å²) in [5.41, 5.74) is 7.33. The average molecular weight is 259 g/mol. The van der Waals surface area contributed by atoms with Crippen LogP contribution in [-0.4, -0.2) is 28.2 Å². The van der Waals surface area contributed by atoms with Gasteiger partial charge in [0, 0.05) is 20.1 Å². The molecule has 2 aromatic rings. The molecule has 0 bridgehead atoms. The van der Waals surface area contributed by atoms with Gasteiger partial charge in [-0.25, -0.2) is 9.50 Å². The van der Waals surface area contributed by atoms with Crippen LogP contribution in [0.1, 0.15) is 31.4 Å². The van der Waals surface area contributed by atoms with Crippen molar-refractivity contribution in [3.05, 3.63) is 24.0 Å². The molecule has 0 amide bonds. The number of nitrogens with zero attached hydrogens (tertiary/aromatic N) is 4. The number of hydrogen-bond donors (Lipinski definition) is 1. The van der Waals surface area contributed by atoms with Gasteiger partial charge in [0.15, 0.2) is 5.65 Å². The van der Waals surface area contributed by atoms with Gasteiger partial charge in [-0.1, -0.05) is 19.3 Å². The quantitative estimate of drug-likeness (QED) is 0.889. The van der Waals surface area contributed by atoms with Gasteiger partial charge in [-0.3, -0.25) is 0 Å². The minimum Gasteiger partial charge on any atom is -0.358 e. The van der Waals surface area contributed by atoms with Crippen LogP contribution in [0.4, 0.5) is 5.82 Å². The zero-order valence-corrected chi connectivity index (χ0v) is 11.4. The molecule has 1 saturated carbocycles. The lowest BCUT2D eigenvalue weighted by atomic mass is 9.83. The number of fused-ring (bicyclic) bond motifs is 1. The number of aromatic nitrogens is 3. The summed E-state index contributed by atoms with van der Waals surface area (Å²) in [7, 11) is 2.10. The third-order valence-electron chi connectivity index (χ3n) is 4.05. The van der Waals surface area contributed by atoms with E-state index < -0.39 is 0 Å². The standard InChI is InChI=1S/C14H21N5/c1-18(8-7-11-3-2-4-11)14-6-5-13-16-12(9-15)10-19(13)17-14/h5-6,10-11H,2-4,7-9,15H2,1H3. The lowest BCUT2D eigenvalue weighted by molar-refractivity contribution is 0.299. The van der Waals surface area contributed by atoms with Gasteiger partial charge in [0.25, 0.3) is 0 Å². The molecule has 0 aliphatic heterocycles. The molecule has 2 heterocycles. The molecule has 2 N–H and O–H groups in total. The molecule has 0 atom stereocenters. The predicted octanol–water partition coefficient (Wildman–Crippen LogP) is 1.81. The molecule has 1 fully saturated rings. The first-order valence-corrected chi connectivity index (χ1v) is 7.03. The summed E-state index contributed by atoms with van der Waals surface area (Å²) in [6, 6.07) is 4.03. The van der Waals surface area contributed by atoms with E-state index in [1.807, 2.05) is 22.8 Å². The zero-order chi connectivity index (χ0) is 13.2. The molecule has 5 heteroatoms. The average Bonchev–Trinajstić information content (AvgIpc) is 2.78. The smallest absolute Gasteiger partial charge is 0.153 e. The second kappa shape index (κ2) is 5.17. The molecule has 5 nitrogen and oxygen atoms in total. The van der Waals surface area contributed by atoms with Crippen molar-refractivity contribution in [1.82, 2.24) is 14.6 Å². The van der Waals surface area contributed by atoms with E-state index in [1.165, 1.54) is 25.7 Å². The Balaban J connectivity index is 1.71. The van der Waals surface area contributed by atoms with Gasteiger partial charge in [-0.15, -0.1) is 5.10 Å². The third-order valence-corrected chi connectivity index (χ3v) is 4.05. The van der Waals surface area contributed by atoms with Crippen LogP contribution in [0.3, 0.4) is 0 Å². The van der Waals surface area contributed by atoms with E-state index in [0.29, 0.717) is 6.54 Å². The maximum Gasteiger partial charge on any atom is 0.153 e. The summed E-state index contributed by atoms with van der Waals surface area (Å²) in [4.78, 5) is 6.61. The Labute approximate surface area is 113 Å². The summed E-state index contributed by atoms with van der Waals surface area (Å²) in [5.74, 6) is 1.93. The molecule has 1 aliphatic rings. The van der Waals surface area contributed by atoms with Crippen LogP contribution in [0.25, 0.3) is 5.65 Å². The molecule has 3 rings (SSSR count). The minimum absolute atomic E-state index is 0.455. The van der Waals surface area contributed by atoms with E-state index in [9.17, 15) is 0 Å². The topological polar surface area (TPSA) is 59.5 Å². The van der Waals surface area contributed by atoms with Gasteiger partial charge in [-0.05, 0) is 24.5 Å². The van der Waals surface area contributed by atoms with Crippen LogP contribution >= 0.6 is 0 Å². The molecule has 102 valence electrons. The lowest BCUT2D eigenvalue weighted by Gasteiger charge is -2.28. The van der Waals surface area contributed by atoms with Crippen molar-refractivity contribution < 1.29 is 0 Å². The molecular weight excluding hydrogens is 238 g/mol. The Hall–Kier alpha value is -1.62. The maximum atomic E-state index is 5.60. The highest BCUT2D eigenvalue weighted by Gasteiger charge is 2.17. The Kier molecular flexibility index (Phi) is 3.38. The predicted molar refractivity (Wildman–Crippen MR) is 76.1 cm³/mol. The first-order chi connectivity index (χ1) is 9.26. The molecule has 0 saturated heterocycles. The van der Waals surface area contributed by atoms with E-state index in [-0.39, 0.29) is 0 Å². The molecule has 2 aromatic heterocycles. The van der Waals surface area contributed by atoms with Gasteiger partial charge in [0.05, 0.1) is 11.9 Å². The Bertz CT molecular complexity index is 558. The molecule has 1 aliphatic carbocycles. The van der Waals surface area contributed by atoms with E-state index in [1.54, 1.807) is 0 Å². The van der Waals surface area contributed by atoms with Crippen LogP contribution in [0, 0.1) is 5.92 Å². The van der Waals surface area contributed by atoms with E-state index in [4.69, 9.17) is 5.73 Å². The van der Waals surface area contributed by atoms with Crippen molar-refractivity contribution in [3.8, 4) is 0 Å². The maximum absolute atomic E-state index is 5.60. The summed E-state index contributed by atoms with van der Waals surface area (Å²) >= 11 is 0. The summed E-state index contributed by atoms with van der Waals surface area (Å²) in [6.07, 6.45) is 7.39. The Morgan fingerprint density at radius 3 is 2.95 bits per heavy atom. The van der Waals surface area contributed by atoms with Crippen LogP contribution in [-0.2, 0) is 6.54 Å². The van der Waals surface area contributed by atoms with Gasteiger partial charge < -0.3 is 10.6 Å². The fraction of sp³-hybridized carbons (Fsp3) is 0.571. The summed E-state index contributed by atoms with van der Waals surface area (Å²) in [5, 5.41) is 4.59. The number of anilines is 1. The van der Waals surface area contributed by atoms with Crippen LogP contribution in [0.5, 0.6) is 0 Å². The lowest BCUT2D eigenvalue weighted by Crippen LogP contribution is -2.24. The minimum atomic E-state index is 0.455. The molecule has 0 unspecified atom stereocenters. The van der Waals surface area contributed by atoms with E-state index >= 15 is 0 Å². The number of imidazole rings is 1. The highest BCUT2D eigenvalue weighted by Crippen LogP contribution is 2.29. The van der Waals surface area contributed by atoms with E-state index in [2.05, 4.69) is 22.0 Å². The van der Waals surface area contributed by atoms with Crippen molar-refractivity contribution in [2.75, 3.05) is 18.5 Å². The first-order valence-electron chi connectivity index (χ1n) is 7.03. The van der Waals surface area contributed by atoms with Gasteiger partial charge >= 0.3 is 0 Å². The summed E-state index contributed by atoms with van der Waals surface area (Å²) in [6.45, 7) is 1.53. The number of rotatable bonds is 5. The molecular formula is C14H21N5.